The van der Waals surface area contributed by atoms with Gasteiger partial charge in [-0.1, -0.05) is 30.3 Å². The van der Waals surface area contributed by atoms with Gasteiger partial charge in [-0.3, -0.25) is 4.79 Å². The van der Waals surface area contributed by atoms with Crippen LogP contribution >= 0.6 is 0 Å². The fourth-order valence-corrected chi connectivity index (χ4v) is 2.65. The summed E-state index contributed by atoms with van der Waals surface area (Å²) in [5.41, 5.74) is 2.13. The molecule has 0 radical (unpaired) electrons. The number of ether oxygens (including phenoxy) is 1. The van der Waals surface area contributed by atoms with Gasteiger partial charge in [0.25, 0.3) is 0 Å². The number of guanidine groups is 1. The number of nitrogens with zero attached hydrogens (tertiary/aromatic N) is 1. The van der Waals surface area contributed by atoms with Crippen LogP contribution in [-0.4, -0.2) is 31.3 Å². The van der Waals surface area contributed by atoms with E-state index in [2.05, 4.69) is 25.7 Å². The summed E-state index contributed by atoms with van der Waals surface area (Å²) in [4.78, 5) is 15.4. The van der Waals surface area contributed by atoms with Gasteiger partial charge in [0.15, 0.2) is 5.96 Å². The van der Waals surface area contributed by atoms with Crippen molar-refractivity contribution in [3.8, 4) is 5.75 Å². The molecule has 0 bridgehead atoms. The minimum atomic E-state index is -4.75. The number of hydrogen-bond donors (Lipinski definition) is 3. The second-order valence-corrected chi connectivity index (χ2v) is 6.41. The quantitative estimate of drug-likeness (QED) is 0.446. The van der Waals surface area contributed by atoms with Crippen LogP contribution in [-0.2, 0) is 17.8 Å². The molecule has 3 N–H and O–H groups in total. The summed E-state index contributed by atoms with van der Waals surface area (Å²) >= 11 is 0. The number of hydrogen-bond acceptors (Lipinski definition) is 3. The molecule has 0 fully saturated rings. The molecule has 2 aromatic carbocycles. The Kier molecular flexibility index (Phi) is 8.52. The SMILES string of the molecule is CCNC(=NCc1ccccc1OC(F)(F)F)NCCc1ccc(NC(C)=O)cc1. The van der Waals surface area contributed by atoms with Crippen molar-refractivity contribution in [2.24, 2.45) is 4.99 Å². The van der Waals surface area contributed by atoms with Crippen molar-refractivity contribution in [3.63, 3.8) is 0 Å². The van der Waals surface area contributed by atoms with E-state index in [9.17, 15) is 18.0 Å². The fourth-order valence-electron chi connectivity index (χ4n) is 2.65. The third-order valence-electron chi connectivity index (χ3n) is 3.93. The van der Waals surface area contributed by atoms with Crippen molar-refractivity contribution >= 4 is 17.6 Å². The highest BCUT2D eigenvalue weighted by Crippen LogP contribution is 2.26. The average Bonchev–Trinajstić information content (AvgIpc) is 2.67. The Hall–Kier alpha value is -3.23. The second-order valence-electron chi connectivity index (χ2n) is 6.41. The van der Waals surface area contributed by atoms with Crippen molar-refractivity contribution in [3.05, 3.63) is 59.7 Å². The number of amides is 1. The molecule has 0 aliphatic heterocycles. The molecule has 0 spiro atoms. The van der Waals surface area contributed by atoms with Gasteiger partial charge in [-0.2, -0.15) is 0 Å². The molecule has 0 heterocycles. The lowest BCUT2D eigenvalue weighted by atomic mass is 10.1. The number of carbonyl (C=O) groups is 1. The molecule has 162 valence electrons. The molecule has 2 rings (SSSR count). The predicted molar refractivity (Wildman–Crippen MR) is 110 cm³/mol. The second kappa shape index (κ2) is 11.1. The highest BCUT2D eigenvalue weighted by molar-refractivity contribution is 5.88. The van der Waals surface area contributed by atoms with Crippen LogP contribution < -0.4 is 20.7 Å². The lowest BCUT2D eigenvalue weighted by Gasteiger charge is -2.14. The Morgan fingerprint density at radius 1 is 1.07 bits per heavy atom. The number of carbonyl (C=O) groups excluding carboxylic acids is 1. The van der Waals surface area contributed by atoms with E-state index in [1.807, 2.05) is 31.2 Å². The van der Waals surface area contributed by atoms with E-state index < -0.39 is 6.36 Å². The number of alkyl halides is 3. The smallest absolute Gasteiger partial charge is 0.405 e. The van der Waals surface area contributed by atoms with Gasteiger partial charge in [-0.25, -0.2) is 4.99 Å². The van der Waals surface area contributed by atoms with Crippen LogP contribution in [0, 0.1) is 0 Å². The van der Waals surface area contributed by atoms with Crippen LogP contribution in [0.4, 0.5) is 18.9 Å². The molecule has 0 saturated carbocycles. The monoisotopic (exact) mass is 422 g/mol. The molecular formula is C21H25F3N4O2. The summed E-state index contributed by atoms with van der Waals surface area (Å²) < 4.78 is 41.7. The first kappa shape index (κ1) is 23.1. The van der Waals surface area contributed by atoms with Crippen LogP contribution in [0.25, 0.3) is 0 Å². The normalized spacial score (nSPS) is 11.7. The van der Waals surface area contributed by atoms with E-state index in [4.69, 9.17) is 0 Å². The first-order valence-corrected chi connectivity index (χ1v) is 9.49. The lowest BCUT2D eigenvalue weighted by Crippen LogP contribution is -2.38. The maximum Gasteiger partial charge on any atom is 0.573 e. The first-order chi connectivity index (χ1) is 14.3. The lowest BCUT2D eigenvalue weighted by molar-refractivity contribution is -0.274. The highest BCUT2D eigenvalue weighted by Gasteiger charge is 2.31. The Bertz CT molecular complexity index is 852. The molecule has 0 aliphatic rings. The number of nitrogens with one attached hydrogen (secondary N) is 3. The van der Waals surface area contributed by atoms with Gasteiger partial charge in [0, 0.05) is 31.3 Å². The fraction of sp³-hybridized carbons (Fsp3) is 0.333. The minimum Gasteiger partial charge on any atom is -0.405 e. The summed E-state index contributed by atoms with van der Waals surface area (Å²) in [6.07, 6.45) is -4.05. The summed E-state index contributed by atoms with van der Waals surface area (Å²) in [6.45, 7) is 4.57. The summed E-state index contributed by atoms with van der Waals surface area (Å²) in [5, 5.41) is 8.94. The molecule has 0 aliphatic carbocycles. The van der Waals surface area contributed by atoms with E-state index in [-0.39, 0.29) is 18.2 Å². The summed E-state index contributed by atoms with van der Waals surface area (Å²) in [5.74, 6) is 0.108. The van der Waals surface area contributed by atoms with Crippen molar-refractivity contribution in [1.29, 1.82) is 0 Å². The van der Waals surface area contributed by atoms with Crippen LogP contribution in [0.15, 0.2) is 53.5 Å². The number of aliphatic imine (C=N–C) groups is 1. The zero-order valence-corrected chi connectivity index (χ0v) is 16.8. The number of benzene rings is 2. The topological polar surface area (TPSA) is 74.8 Å². The van der Waals surface area contributed by atoms with Gasteiger partial charge in [0.1, 0.15) is 5.75 Å². The minimum absolute atomic E-state index is 0.0347. The van der Waals surface area contributed by atoms with Crippen molar-refractivity contribution < 1.29 is 22.7 Å². The van der Waals surface area contributed by atoms with Gasteiger partial charge < -0.3 is 20.7 Å². The first-order valence-electron chi connectivity index (χ1n) is 9.49. The van der Waals surface area contributed by atoms with Crippen LogP contribution in [0.1, 0.15) is 25.0 Å². The number of halogens is 3. The maximum absolute atomic E-state index is 12.6. The maximum atomic E-state index is 12.6. The van der Waals surface area contributed by atoms with Crippen LogP contribution in [0.5, 0.6) is 5.75 Å². The standard InChI is InChI=1S/C21H25F3N4O2/c1-3-25-20(26-13-12-16-8-10-18(11-9-16)28-15(2)29)27-14-17-6-4-5-7-19(17)30-21(22,23)24/h4-11H,3,12-14H2,1-2H3,(H,28,29)(H2,25,26,27). The number of anilines is 1. The Morgan fingerprint density at radius 2 is 1.77 bits per heavy atom. The Balaban J connectivity index is 1.94. The third-order valence-corrected chi connectivity index (χ3v) is 3.93. The third kappa shape index (κ3) is 8.42. The van der Waals surface area contributed by atoms with E-state index in [1.54, 1.807) is 12.1 Å². The van der Waals surface area contributed by atoms with Gasteiger partial charge in [-0.15, -0.1) is 13.2 Å². The Labute approximate surface area is 173 Å². The highest BCUT2D eigenvalue weighted by atomic mass is 19.4. The molecule has 9 heteroatoms. The van der Waals surface area contributed by atoms with E-state index in [0.717, 1.165) is 11.3 Å². The average molecular weight is 422 g/mol. The molecular weight excluding hydrogens is 397 g/mol. The summed E-state index contributed by atoms with van der Waals surface area (Å²) in [7, 11) is 0. The largest absolute Gasteiger partial charge is 0.573 e. The van der Waals surface area contributed by atoms with Crippen LogP contribution in [0.2, 0.25) is 0 Å². The zero-order valence-electron chi connectivity index (χ0n) is 16.8. The number of rotatable bonds is 8. The molecule has 2 aromatic rings. The van der Waals surface area contributed by atoms with E-state index in [1.165, 1.54) is 19.1 Å². The number of para-hydroxylation sites is 1. The van der Waals surface area contributed by atoms with Crippen molar-refractivity contribution in [1.82, 2.24) is 10.6 Å². The van der Waals surface area contributed by atoms with Crippen LogP contribution in [0.3, 0.4) is 0 Å². The zero-order chi connectivity index (χ0) is 22.0. The molecule has 30 heavy (non-hydrogen) atoms. The molecule has 0 unspecified atom stereocenters. The predicted octanol–water partition coefficient (Wildman–Crippen LogP) is 3.84. The van der Waals surface area contributed by atoms with Gasteiger partial charge in [-0.05, 0) is 37.1 Å². The van der Waals surface area contributed by atoms with Gasteiger partial charge in [0.05, 0.1) is 6.54 Å². The van der Waals surface area contributed by atoms with E-state index in [0.29, 0.717) is 31.0 Å². The molecule has 6 nitrogen and oxygen atoms in total. The van der Waals surface area contributed by atoms with Crippen molar-refractivity contribution in [2.75, 3.05) is 18.4 Å². The molecule has 0 aromatic heterocycles. The molecule has 0 atom stereocenters. The Morgan fingerprint density at radius 3 is 2.40 bits per heavy atom. The molecule has 0 saturated heterocycles. The summed E-state index contributed by atoms with van der Waals surface area (Å²) in [6, 6.07) is 13.4. The molecule has 1 amide bonds. The van der Waals surface area contributed by atoms with Crippen molar-refractivity contribution in [2.45, 2.75) is 33.2 Å². The van der Waals surface area contributed by atoms with Gasteiger partial charge in [0.2, 0.25) is 5.91 Å². The van der Waals surface area contributed by atoms with E-state index >= 15 is 0 Å². The van der Waals surface area contributed by atoms with Gasteiger partial charge >= 0.3 is 6.36 Å².